The molecule has 0 aliphatic carbocycles. The van der Waals surface area contributed by atoms with Crippen molar-refractivity contribution in [3.8, 4) is 0 Å². The first-order chi connectivity index (χ1) is 13.7. The molecule has 2 aliphatic heterocycles. The molecule has 28 heavy (non-hydrogen) atoms. The molecule has 2 saturated heterocycles. The quantitative estimate of drug-likeness (QED) is 0.593. The average molecular weight is 389 g/mol. The van der Waals surface area contributed by atoms with Crippen LogP contribution in [0.3, 0.4) is 0 Å². The Labute approximate surface area is 167 Å². The van der Waals surface area contributed by atoms with Crippen molar-refractivity contribution < 1.29 is 14.3 Å². The van der Waals surface area contributed by atoms with E-state index in [-0.39, 0.29) is 12.0 Å². The number of hydrogen-bond acceptors (Lipinski definition) is 4. The molecule has 154 valence electrons. The Morgan fingerprint density at radius 2 is 1.86 bits per heavy atom. The third kappa shape index (κ3) is 5.45. The summed E-state index contributed by atoms with van der Waals surface area (Å²) in [6.45, 7) is 7.80. The molecule has 7 heteroatoms. The average Bonchev–Trinajstić information content (AvgIpc) is 3.28. The molecular formula is C21H32N4O3. The van der Waals surface area contributed by atoms with Crippen molar-refractivity contribution in [2.75, 3.05) is 46.4 Å². The SMILES string of the molecule is CCOCc1ccc(CNC(=NC)N2CCN(C(=O)C3CCCO3)CC2)cc1. The molecule has 0 spiro atoms. The van der Waals surface area contributed by atoms with Crippen molar-refractivity contribution in [2.45, 2.75) is 39.0 Å². The first-order valence-electron chi connectivity index (χ1n) is 10.2. The van der Waals surface area contributed by atoms with Gasteiger partial charge in [-0.25, -0.2) is 0 Å². The van der Waals surface area contributed by atoms with Gasteiger partial charge in [-0.3, -0.25) is 9.79 Å². The van der Waals surface area contributed by atoms with Gasteiger partial charge in [-0.05, 0) is 30.9 Å². The van der Waals surface area contributed by atoms with E-state index in [1.165, 1.54) is 11.1 Å². The van der Waals surface area contributed by atoms with E-state index in [2.05, 4.69) is 39.5 Å². The fraction of sp³-hybridized carbons (Fsp3) is 0.619. The molecule has 3 rings (SSSR count). The number of amides is 1. The van der Waals surface area contributed by atoms with Crippen LogP contribution in [0, 0.1) is 0 Å². The summed E-state index contributed by atoms with van der Waals surface area (Å²) in [6, 6.07) is 8.44. The smallest absolute Gasteiger partial charge is 0.251 e. The first-order valence-corrected chi connectivity index (χ1v) is 10.2. The van der Waals surface area contributed by atoms with Gasteiger partial charge in [0.1, 0.15) is 6.10 Å². The monoisotopic (exact) mass is 388 g/mol. The molecule has 1 N–H and O–H groups in total. The molecule has 1 amide bonds. The summed E-state index contributed by atoms with van der Waals surface area (Å²) in [5, 5.41) is 3.43. The molecule has 1 aromatic carbocycles. The van der Waals surface area contributed by atoms with Crippen molar-refractivity contribution in [3.05, 3.63) is 35.4 Å². The molecular weight excluding hydrogens is 356 g/mol. The van der Waals surface area contributed by atoms with Crippen molar-refractivity contribution in [1.82, 2.24) is 15.1 Å². The van der Waals surface area contributed by atoms with Crippen LogP contribution < -0.4 is 5.32 Å². The number of carbonyl (C=O) groups excluding carboxylic acids is 1. The van der Waals surface area contributed by atoms with Crippen LogP contribution in [0.5, 0.6) is 0 Å². The summed E-state index contributed by atoms with van der Waals surface area (Å²) in [4.78, 5) is 21.0. The minimum Gasteiger partial charge on any atom is -0.377 e. The Hall–Kier alpha value is -2.12. The standard InChI is InChI=1S/C21H32N4O3/c1-3-27-16-18-8-6-17(7-9-18)15-23-21(22-2)25-12-10-24(11-13-25)20(26)19-5-4-14-28-19/h6-9,19H,3-5,10-16H2,1-2H3,(H,22,23). The van der Waals surface area contributed by atoms with Gasteiger partial charge >= 0.3 is 0 Å². The number of benzene rings is 1. The van der Waals surface area contributed by atoms with Gasteiger partial charge < -0.3 is 24.6 Å². The maximum Gasteiger partial charge on any atom is 0.251 e. The van der Waals surface area contributed by atoms with E-state index in [1.54, 1.807) is 7.05 Å². The summed E-state index contributed by atoms with van der Waals surface area (Å²) >= 11 is 0. The molecule has 2 fully saturated rings. The number of rotatable bonds is 6. The summed E-state index contributed by atoms with van der Waals surface area (Å²) < 4.78 is 11.0. The van der Waals surface area contributed by atoms with Crippen LogP contribution in [-0.2, 0) is 27.4 Å². The van der Waals surface area contributed by atoms with Gasteiger partial charge in [0.25, 0.3) is 5.91 Å². The Balaban J connectivity index is 1.45. The predicted molar refractivity (Wildman–Crippen MR) is 109 cm³/mol. The van der Waals surface area contributed by atoms with Gasteiger partial charge in [-0.15, -0.1) is 0 Å². The van der Waals surface area contributed by atoms with Crippen LogP contribution >= 0.6 is 0 Å². The van der Waals surface area contributed by atoms with Crippen LogP contribution in [-0.4, -0.2) is 74.2 Å². The molecule has 1 atom stereocenters. The van der Waals surface area contributed by atoms with E-state index in [0.29, 0.717) is 26.3 Å². The lowest BCUT2D eigenvalue weighted by atomic mass is 10.1. The number of piperazine rings is 1. The van der Waals surface area contributed by atoms with Crippen LogP contribution in [0.25, 0.3) is 0 Å². The zero-order chi connectivity index (χ0) is 19.8. The fourth-order valence-corrected chi connectivity index (χ4v) is 3.60. The van der Waals surface area contributed by atoms with Crippen molar-refractivity contribution in [1.29, 1.82) is 0 Å². The third-order valence-corrected chi connectivity index (χ3v) is 5.25. The zero-order valence-electron chi connectivity index (χ0n) is 17.0. The van der Waals surface area contributed by atoms with Crippen LogP contribution in [0.4, 0.5) is 0 Å². The normalized spacial score (nSPS) is 20.5. The second kappa shape index (κ2) is 10.4. The zero-order valence-corrected chi connectivity index (χ0v) is 17.0. The topological polar surface area (TPSA) is 66.4 Å². The predicted octanol–water partition coefficient (Wildman–Crippen LogP) is 1.62. The van der Waals surface area contributed by atoms with Gasteiger partial charge in [-0.2, -0.15) is 0 Å². The lowest BCUT2D eigenvalue weighted by Gasteiger charge is -2.37. The first kappa shape index (κ1) is 20.6. The van der Waals surface area contributed by atoms with Crippen molar-refractivity contribution >= 4 is 11.9 Å². The van der Waals surface area contributed by atoms with E-state index in [9.17, 15) is 4.79 Å². The molecule has 0 radical (unpaired) electrons. The molecule has 1 aromatic rings. The molecule has 1 unspecified atom stereocenters. The fourth-order valence-electron chi connectivity index (χ4n) is 3.60. The van der Waals surface area contributed by atoms with Gasteiger partial charge in [0.05, 0.1) is 6.61 Å². The van der Waals surface area contributed by atoms with Crippen molar-refractivity contribution in [2.24, 2.45) is 4.99 Å². The number of ether oxygens (including phenoxy) is 2. The number of carbonyl (C=O) groups is 1. The summed E-state index contributed by atoms with van der Waals surface area (Å²) in [5.41, 5.74) is 2.38. The highest BCUT2D eigenvalue weighted by atomic mass is 16.5. The number of guanidine groups is 1. The van der Waals surface area contributed by atoms with Gasteiger partial charge in [0, 0.05) is 53.0 Å². The largest absolute Gasteiger partial charge is 0.377 e. The summed E-state index contributed by atoms with van der Waals surface area (Å²) in [7, 11) is 1.80. The minimum atomic E-state index is -0.227. The molecule has 2 aliphatic rings. The molecule has 0 bridgehead atoms. The van der Waals surface area contributed by atoms with Crippen LogP contribution in [0.15, 0.2) is 29.3 Å². The highest BCUT2D eigenvalue weighted by molar-refractivity contribution is 5.82. The highest BCUT2D eigenvalue weighted by Gasteiger charge is 2.30. The van der Waals surface area contributed by atoms with Gasteiger partial charge in [0.2, 0.25) is 0 Å². The number of aliphatic imine (C=N–C) groups is 1. The second-order valence-electron chi connectivity index (χ2n) is 7.17. The summed E-state index contributed by atoms with van der Waals surface area (Å²) in [5.74, 6) is 1.02. The number of nitrogens with zero attached hydrogens (tertiary/aromatic N) is 3. The Morgan fingerprint density at radius 3 is 2.46 bits per heavy atom. The van der Waals surface area contributed by atoms with E-state index < -0.39 is 0 Å². The molecule has 7 nitrogen and oxygen atoms in total. The van der Waals surface area contributed by atoms with Crippen LogP contribution in [0.2, 0.25) is 0 Å². The molecule has 0 saturated carbocycles. The minimum absolute atomic E-state index is 0.146. The maximum absolute atomic E-state index is 12.5. The van der Waals surface area contributed by atoms with Gasteiger partial charge in [0.15, 0.2) is 5.96 Å². The Kier molecular flexibility index (Phi) is 7.68. The van der Waals surface area contributed by atoms with E-state index in [0.717, 1.165) is 45.0 Å². The Morgan fingerprint density at radius 1 is 1.18 bits per heavy atom. The highest BCUT2D eigenvalue weighted by Crippen LogP contribution is 2.16. The number of hydrogen-bond donors (Lipinski definition) is 1. The lowest BCUT2D eigenvalue weighted by molar-refractivity contribution is -0.142. The van der Waals surface area contributed by atoms with E-state index >= 15 is 0 Å². The van der Waals surface area contributed by atoms with Gasteiger partial charge in [-0.1, -0.05) is 24.3 Å². The summed E-state index contributed by atoms with van der Waals surface area (Å²) in [6.07, 6.45) is 1.61. The van der Waals surface area contributed by atoms with Crippen LogP contribution in [0.1, 0.15) is 30.9 Å². The molecule has 2 heterocycles. The lowest BCUT2D eigenvalue weighted by Crippen LogP contribution is -2.55. The van der Waals surface area contributed by atoms with Crippen molar-refractivity contribution in [3.63, 3.8) is 0 Å². The Bertz CT molecular complexity index is 648. The second-order valence-corrected chi connectivity index (χ2v) is 7.17. The third-order valence-electron chi connectivity index (χ3n) is 5.25. The van der Waals surface area contributed by atoms with E-state index in [1.807, 2.05) is 11.8 Å². The molecule has 0 aromatic heterocycles. The van der Waals surface area contributed by atoms with E-state index in [4.69, 9.17) is 9.47 Å². The maximum atomic E-state index is 12.5. The number of nitrogens with one attached hydrogen (secondary N) is 1.